The van der Waals surface area contributed by atoms with Gasteiger partial charge in [0.15, 0.2) is 0 Å². The Labute approximate surface area is 101 Å². The third-order valence-electron chi connectivity index (χ3n) is 2.20. The van der Waals surface area contributed by atoms with Crippen LogP contribution in [0.1, 0.15) is 10.4 Å². The number of nitrogens with one attached hydrogen (secondary N) is 1. The predicted octanol–water partition coefficient (Wildman–Crippen LogP) is 3.83. The van der Waals surface area contributed by atoms with E-state index in [1.165, 1.54) is 10.4 Å². The second-order valence-electron chi connectivity index (χ2n) is 3.23. The second-order valence-corrected chi connectivity index (χ2v) is 5.06. The van der Waals surface area contributed by atoms with Crippen molar-refractivity contribution in [2.24, 2.45) is 0 Å². The predicted molar refractivity (Wildman–Crippen MR) is 68.3 cm³/mol. The van der Waals surface area contributed by atoms with Gasteiger partial charge in [-0.2, -0.15) is 0 Å². The molecule has 0 aliphatic carbocycles. The van der Waals surface area contributed by atoms with E-state index in [1.54, 1.807) is 11.3 Å². The molecular weight excluding hydrogens is 272 g/mol. The Balaban J connectivity index is 2.08. The van der Waals surface area contributed by atoms with Crippen molar-refractivity contribution in [2.75, 3.05) is 5.32 Å². The highest BCUT2D eigenvalue weighted by molar-refractivity contribution is 9.10. The summed E-state index contributed by atoms with van der Waals surface area (Å²) in [7, 11) is 0. The zero-order valence-electron chi connectivity index (χ0n) is 8.33. The summed E-state index contributed by atoms with van der Waals surface area (Å²) in [6.07, 6.45) is 1.89. The number of hydrogen-bond acceptors (Lipinski definition) is 3. The number of anilines is 1. The van der Waals surface area contributed by atoms with Crippen LogP contribution >= 0.6 is 27.3 Å². The summed E-state index contributed by atoms with van der Waals surface area (Å²) in [5.74, 6) is 0. The molecule has 0 bridgehead atoms. The molecule has 78 valence electrons. The summed E-state index contributed by atoms with van der Waals surface area (Å²) >= 11 is 5.18. The van der Waals surface area contributed by atoms with Crippen molar-refractivity contribution in [3.05, 3.63) is 44.8 Å². The average Bonchev–Trinajstić information content (AvgIpc) is 2.73. The summed E-state index contributed by atoms with van der Waals surface area (Å²) in [5.41, 5.74) is 4.25. The number of rotatable bonds is 3. The quantitative estimate of drug-likeness (QED) is 0.926. The van der Waals surface area contributed by atoms with Crippen LogP contribution in [0.15, 0.2) is 34.4 Å². The molecule has 0 saturated heterocycles. The highest BCUT2D eigenvalue weighted by atomic mass is 79.9. The Kier molecular flexibility index (Phi) is 3.38. The second kappa shape index (κ2) is 4.77. The highest BCUT2D eigenvalue weighted by Crippen LogP contribution is 2.24. The molecule has 0 spiro atoms. The molecule has 0 aliphatic heterocycles. The Morgan fingerprint density at radius 3 is 3.07 bits per heavy atom. The van der Waals surface area contributed by atoms with Crippen molar-refractivity contribution in [1.82, 2.24) is 4.98 Å². The van der Waals surface area contributed by atoms with Gasteiger partial charge < -0.3 is 5.32 Å². The van der Waals surface area contributed by atoms with Gasteiger partial charge in [-0.05, 0) is 24.6 Å². The van der Waals surface area contributed by atoms with Gasteiger partial charge in [0.05, 0.1) is 12.1 Å². The third kappa shape index (κ3) is 2.58. The SMILES string of the molecule is Cc1c(Br)cccc1NCc1cncs1. The lowest BCUT2D eigenvalue weighted by atomic mass is 10.2. The van der Waals surface area contributed by atoms with Gasteiger partial charge in [-0.1, -0.05) is 22.0 Å². The van der Waals surface area contributed by atoms with E-state index < -0.39 is 0 Å². The molecule has 1 aromatic heterocycles. The van der Waals surface area contributed by atoms with Crippen molar-refractivity contribution in [1.29, 1.82) is 0 Å². The minimum Gasteiger partial charge on any atom is -0.380 e. The molecule has 4 heteroatoms. The molecule has 15 heavy (non-hydrogen) atoms. The molecule has 2 nitrogen and oxygen atoms in total. The van der Waals surface area contributed by atoms with Gasteiger partial charge in [-0.15, -0.1) is 11.3 Å². The number of aromatic nitrogens is 1. The summed E-state index contributed by atoms with van der Waals surface area (Å²) in [6, 6.07) is 6.17. The lowest BCUT2D eigenvalue weighted by Gasteiger charge is -2.09. The van der Waals surface area contributed by atoms with E-state index in [4.69, 9.17) is 0 Å². The first-order valence-corrected chi connectivity index (χ1v) is 6.31. The number of hydrogen-bond donors (Lipinski definition) is 1. The molecule has 1 aromatic carbocycles. The maximum Gasteiger partial charge on any atom is 0.0794 e. The van der Waals surface area contributed by atoms with Crippen molar-refractivity contribution in [2.45, 2.75) is 13.5 Å². The molecule has 0 fully saturated rings. The zero-order chi connectivity index (χ0) is 10.7. The van der Waals surface area contributed by atoms with E-state index in [0.717, 1.165) is 16.7 Å². The molecule has 1 N–H and O–H groups in total. The standard InChI is InChI=1S/C11H11BrN2S/c1-8-10(12)3-2-4-11(8)14-6-9-5-13-7-15-9/h2-5,7,14H,6H2,1H3. The Morgan fingerprint density at radius 2 is 2.33 bits per heavy atom. The average molecular weight is 283 g/mol. The van der Waals surface area contributed by atoms with Gasteiger partial charge >= 0.3 is 0 Å². The van der Waals surface area contributed by atoms with Gasteiger partial charge in [0.1, 0.15) is 0 Å². The van der Waals surface area contributed by atoms with Crippen LogP contribution in [0, 0.1) is 6.92 Å². The molecule has 2 rings (SSSR count). The van der Waals surface area contributed by atoms with Crippen LogP contribution in [0.2, 0.25) is 0 Å². The van der Waals surface area contributed by atoms with Gasteiger partial charge in [0.2, 0.25) is 0 Å². The molecule has 0 unspecified atom stereocenters. The lowest BCUT2D eigenvalue weighted by Crippen LogP contribution is -1.99. The van der Waals surface area contributed by atoms with Crippen LogP contribution in [0.3, 0.4) is 0 Å². The number of benzene rings is 1. The first kappa shape index (κ1) is 10.6. The number of nitrogens with zero attached hydrogens (tertiary/aromatic N) is 1. The smallest absolute Gasteiger partial charge is 0.0794 e. The number of thiazole rings is 1. The van der Waals surface area contributed by atoms with Crippen molar-refractivity contribution >= 4 is 33.0 Å². The van der Waals surface area contributed by atoms with Crippen LogP contribution in [0.5, 0.6) is 0 Å². The molecule has 0 saturated carbocycles. The maximum atomic E-state index is 4.04. The lowest BCUT2D eigenvalue weighted by molar-refractivity contribution is 1.16. The van der Waals surface area contributed by atoms with Gasteiger partial charge in [-0.3, -0.25) is 4.98 Å². The zero-order valence-corrected chi connectivity index (χ0v) is 10.7. The molecule has 0 aliphatic rings. The van der Waals surface area contributed by atoms with Gasteiger partial charge in [0.25, 0.3) is 0 Å². The van der Waals surface area contributed by atoms with Crippen molar-refractivity contribution < 1.29 is 0 Å². The van der Waals surface area contributed by atoms with Gasteiger partial charge in [0, 0.05) is 21.2 Å². The van der Waals surface area contributed by atoms with Crippen LogP contribution in [0.4, 0.5) is 5.69 Å². The molecule has 0 radical (unpaired) electrons. The molecular formula is C11H11BrN2S. The van der Waals surface area contributed by atoms with Crippen molar-refractivity contribution in [3.63, 3.8) is 0 Å². The minimum atomic E-state index is 0.835. The Bertz CT molecular complexity index is 440. The third-order valence-corrected chi connectivity index (χ3v) is 3.84. The monoisotopic (exact) mass is 282 g/mol. The Morgan fingerprint density at radius 1 is 1.47 bits per heavy atom. The van der Waals surface area contributed by atoms with E-state index in [1.807, 2.05) is 23.8 Å². The van der Waals surface area contributed by atoms with Crippen LogP contribution in [0.25, 0.3) is 0 Å². The highest BCUT2D eigenvalue weighted by Gasteiger charge is 2.01. The van der Waals surface area contributed by atoms with Gasteiger partial charge in [-0.25, -0.2) is 0 Å². The van der Waals surface area contributed by atoms with Crippen LogP contribution < -0.4 is 5.32 Å². The summed E-state index contributed by atoms with van der Waals surface area (Å²) in [6.45, 7) is 2.93. The fourth-order valence-electron chi connectivity index (χ4n) is 1.31. The van der Waals surface area contributed by atoms with E-state index in [9.17, 15) is 0 Å². The largest absolute Gasteiger partial charge is 0.380 e. The molecule has 0 amide bonds. The van der Waals surface area contributed by atoms with E-state index >= 15 is 0 Å². The number of halogens is 1. The van der Waals surface area contributed by atoms with E-state index in [-0.39, 0.29) is 0 Å². The summed E-state index contributed by atoms with van der Waals surface area (Å²) in [5, 5.41) is 3.40. The van der Waals surface area contributed by atoms with E-state index in [0.29, 0.717) is 0 Å². The topological polar surface area (TPSA) is 24.9 Å². The maximum absolute atomic E-state index is 4.04. The summed E-state index contributed by atoms with van der Waals surface area (Å²) < 4.78 is 1.14. The Hall–Kier alpha value is -0.870. The van der Waals surface area contributed by atoms with Crippen molar-refractivity contribution in [3.8, 4) is 0 Å². The molecule has 0 atom stereocenters. The van der Waals surface area contributed by atoms with Crippen LogP contribution in [-0.2, 0) is 6.54 Å². The molecule has 2 aromatic rings. The first-order chi connectivity index (χ1) is 7.27. The fourth-order valence-corrected chi connectivity index (χ4v) is 2.21. The van der Waals surface area contributed by atoms with E-state index in [2.05, 4.69) is 39.2 Å². The normalized spacial score (nSPS) is 10.3. The first-order valence-electron chi connectivity index (χ1n) is 4.64. The minimum absolute atomic E-state index is 0.835. The van der Waals surface area contributed by atoms with Crippen LogP contribution in [-0.4, -0.2) is 4.98 Å². The summed E-state index contributed by atoms with van der Waals surface area (Å²) in [4.78, 5) is 5.29. The fraction of sp³-hybridized carbons (Fsp3) is 0.182. The molecule has 1 heterocycles.